The van der Waals surface area contributed by atoms with Crippen molar-refractivity contribution < 1.29 is 0 Å². The predicted molar refractivity (Wildman–Crippen MR) is 84.2 cm³/mol. The van der Waals surface area contributed by atoms with Crippen LogP contribution in [0.5, 0.6) is 0 Å². The van der Waals surface area contributed by atoms with Gasteiger partial charge in [0.25, 0.3) is 0 Å². The highest BCUT2D eigenvalue weighted by atomic mass is 32.2. The molecule has 0 N–H and O–H groups in total. The molecule has 1 unspecified atom stereocenters. The lowest BCUT2D eigenvalue weighted by Crippen LogP contribution is -2.02. The van der Waals surface area contributed by atoms with Gasteiger partial charge in [-0.05, 0) is 30.2 Å². The maximum Gasteiger partial charge on any atom is 0.123 e. The van der Waals surface area contributed by atoms with Crippen LogP contribution < -0.4 is 0 Å². The predicted octanol–water partition coefficient (Wildman–Crippen LogP) is 3.83. The Hall–Kier alpha value is -2.25. The Kier molecular flexibility index (Phi) is 2.76. The van der Waals surface area contributed by atoms with E-state index in [4.69, 9.17) is 4.98 Å². The third-order valence-corrected chi connectivity index (χ3v) is 5.32. The molecular weight excluding hydrogens is 278 g/mol. The number of fused-ring (bicyclic) bond motifs is 2. The summed E-state index contributed by atoms with van der Waals surface area (Å²) in [7, 11) is 2.04. The van der Waals surface area contributed by atoms with E-state index in [1.807, 2.05) is 37.0 Å². The van der Waals surface area contributed by atoms with Crippen molar-refractivity contribution in [2.24, 2.45) is 7.05 Å². The van der Waals surface area contributed by atoms with Gasteiger partial charge in [-0.25, -0.2) is 4.98 Å². The number of para-hydroxylation sites is 1. The van der Waals surface area contributed by atoms with Gasteiger partial charge in [0.15, 0.2) is 0 Å². The van der Waals surface area contributed by atoms with Gasteiger partial charge in [-0.3, -0.25) is 0 Å². The number of rotatable bonds is 1. The Morgan fingerprint density at radius 3 is 2.90 bits per heavy atom. The van der Waals surface area contributed by atoms with E-state index in [-0.39, 0.29) is 0 Å². The summed E-state index contributed by atoms with van der Waals surface area (Å²) in [5, 5.41) is 9.56. The molecule has 102 valence electrons. The van der Waals surface area contributed by atoms with Gasteiger partial charge in [-0.1, -0.05) is 24.3 Å². The van der Waals surface area contributed by atoms with Crippen molar-refractivity contribution in [3.8, 4) is 6.07 Å². The molecule has 0 fully saturated rings. The number of aryl methyl sites for hydroxylation is 1. The quantitative estimate of drug-likeness (QED) is 0.684. The molecule has 0 bridgehead atoms. The molecule has 0 amide bonds. The average molecular weight is 291 g/mol. The first-order chi connectivity index (χ1) is 10.3. The summed E-state index contributed by atoms with van der Waals surface area (Å²) in [6.45, 7) is 0. The Labute approximate surface area is 127 Å². The lowest BCUT2D eigenvalue weighted by Gasteiger charge is -2.08. The first kappa shape index (κ1) is 12.5. The molecule has 1 atom stereocenters. The van der Waals surface area contributed by atoms with Crippen LogP contribution in [0.25, 0.3) is 11.0 Å². The SMILES string of the molecule is Cn1c(C2Cc3ccccc3S2)nc2c(C#N)cccc21. The molecule has 1 aliphatic heterocycles. The molecule has 1 aliphatic rings. The minimum absolute atomic E-state index is 0.325. The minimum Gasteiger partial charge on any atom is -0.330 e. The van der Waals surface area contributed by atoms with Crippen LogP contribution in [-0.2, 0) is 13.5 Å². The van der Waals surface area contributed by atoms with Crippen LogP contribution in [0.1, 0.15) is 22.2 Å². The summed E-state index contributed by atoms with van der Waals surface area (Å²) >= 11 is 1.87. The van der Waals surface area contributed by atoms with Crippen LogP contribution in [0.4, 0.5) is 0 Å². The Balaban J connectivity index is 1.83. The second kappa shape index (κ2) is 4.64. The fourth-order valence-corrected chi connectivity index (χ4v) is 4.28. The largest absolute Gasteiger partial charge is 0.330 e. The standard InChI is InChI=1S/C17H13N3S/c1-20-13-7-4-6-12(10-18)16(13)19-17(20)15-9-11-5-2-3-8-14(11)21-15/h2-8,15H,9H2,1H3. The van der Waals surface area contributed by atoms with E-state index in [0.29, 0.717) is 10.8 Å². The lowest BCUT2D eigenvalue weighted by atomic mass is 10.1. The molecule has 4 heteroatoms. The maximum atomic E-state index is 9.24. The Bertz CT molecular complexity index is 864. The molecule has 2 aromatic carbocycles. The smallest absolute Gasteiger partial charge is 0.123 e. The highest BCUT2D eigenvalue weighted by molar-refractivity contribution is 7.99. The first-order valence-electron chi connectivity index (χ1n) is 6.88. The van der Waals surface area contributed by atoms with Crippen molar-refractivity contribution in [1.29, 1.82) is 5.26 Å². The molecule has 1 aromatic heterocycles. The van der Waals surface area contributed by atoms with Crippen molar-refractivity contribution in [3.63, 3.8) is 0 Å². The second-order valence-corrected chi connectivity index (χ2v) is 6.48. The van der Waals surface area contributed by atoms with Gasteiger partial charge < -0.3 is 4.57 Å². The number of hydrogen-bond donors (Lipinski definition) is 0. The summed E-state index contributed by atoms with van der Waals surface area (Å²) in [6.07, 6.45) is 1.000. The molecule has 3 aromatic rings. The van der Waals surface area contributed by atoms with Crippen LogP contribution in [0.3, 0.4) is 0 Å². The van der Waals surface area contributed by atoms with E-state index in [1.54, 1.807) is 0 Å². The second-order valence-electron chi connectivity index (χ2n) is 5.23. The topological polar surface area (TPSA) is 41.6 Å². The molecule has 0 saturated heterocycles. The van der Waals surface area contributed by atoms with Crippen molar-refractivity contribution >= 4 is 22.8 Å². The van der Waals surface area contributed by atoms with Gasteiger partial charge in [-0.15, -0.1) is 11.8 Å². The summed E-state index contributed by atoms with van der Waals surface area (Å²) in [5.41, 5.74) is 3.88. The summed E-state index contributed by atoms with van der Waals surface area (Å²) in [6, 6.07) is 16.5. The van der Waals surface area contributed by atoms with E-state index in [9.17, 15) is 5.26 Å². The monoisotopic (exact) mass is 291 g/mol. The van der Waals surface area contributed by atoms with Crippen molar-refractivity contribution in [3.05, 3.63) is 59.4 Å². The Morgan fingerprint density at radius 2 is 2.10 bits per heavy atom. The van der Waals surface area contributed by atoms with E-state index < -0.39 is 0 Å². The molecule has 0 aliphatic carbocycles. The highest BCUT2D eigenvalue weighted by Crippen LogP contribution is 2.46. The number of hydrogen-bond acceptors (Lipinski definition) is 3. The van der Waals surface area contributed by atoms with Crippen LogP contribution in [-0.4, -0.2) is 9.55 Å². The molecule has 0 spiro atoms. The van der Waals surface area contributed by atoms with Crippen molar-refractivity contribution in [1.82, 2.24) is 9.55 Å². The van der Waals surface area contributed by atoms with Gasteiger partial charge in [-0.2, -0.15) is 5.26 Å². The molecule has 0 radical (unpaired) electrons. The van der Waals surface area contributed by atoms with Crippen molar-refractivity contribution in [2.45, 2.75) is 16.6 Å². The summed E-state index contributed by atoms with van der Waals surface area (Å²) < 4.78 is 2.12. The van der Waals surface area contributed by atoms with E-state index >= 15 is 0 Å². The zero-order valence-electron chi connectivity index (χ0n) is 11.6. The van der Waals surface area contributed by atoms with E-state index in [2.05, 4.69) is 34.9 Å². The van der Waals surface area contributed by atoms with Gasteiger partial charge in [0.2, 0.25) is 0 Å². The molecule has 4 rings (SSSR count). The number of benzene rings is 2. The molecular formula is C17H13N3S. The zero-order chi connectivity index (χ0) is 14.4. The number of imidazole rings is 1. The molecule has 2 heterocycles. The molecule has 3 nitrogen and oxygen atoms in total. The zero-order valence-corrected chi connectivity index (χ0v) is 12.4. The van der Waals surface area contributed by atoms with Crippen LogP contribution in [0, 0.1) is 11.3 Å². The fraction of sp³-hybridized carbons (Fsp3) is 0.176. The third-order valence-electron chi connectivity index (χ3n) is 4.00. The summed E-state index contributed by atoms with van der Waals surface area (Å²) in [5.74, 6) is 1.05. The third kappa shape index (κ3) is 1.85. The Morgan fingerprint density at radius 1 is 1.24 bits per heavy atom. The van der Waals surface area contributed by atoms with E-state index in [1.165, 1.54) is 10.5 Å². The minimum atomic E-state index is 0.325. The first-order valence-corrected chi connectivity index (χ1v) is 7.76. The lowest BCUT2D eigenvalue weighted by molar-refractivity contribution is 0.781. The molecule has 21 heavy (non-hydrogen) atoms. The van der Waals surface area contributed by atoms with Gasteiger partial charge in [0, 0.05) is 11.9 Å². The fourth-order valence-electron chi connectivity index (χ4n) is 2.94. The van der Waals surface area contributed by atoms with Crippen LogP contribution in [0.15, 0.2) is 47.4 Å². The van der Waals surface area contributed by atoms with Crippen LogP contribution >= 0.6 is 11.8 Å². The highest BCUT2D eigenvalue weighted by Gasteiger charge is 2.27. The van der Waals surface area contributed by atoms with Gasteiger partial charge in [0.05, 0.1) is 16.3 Å². The number of nitrogens with zero attached hydrogens (tertiary/aromatic N) is 3. The van der Waals surface area contributed by atoms with E-state index in [0.717, 1.165) is 23.3 Å². The normalized spacial score (nSPS) is 16.9. The average Bonchev–Trinajstić information content (AvgIpc) is 3.08. The van der Waals surface area contributed by atoms with Gasteiger partial charge >= 0.3 is 0 Å². The number of aromatic nitrogens is 2. The molecule has 0 saturated carbocycles. The van der Waals surface area contributed by atoms with Gasteiger partial charge in [0.1, 0.15) is 17.4 Å². The summed E-state index contributed by atoms with van der Waals surface area (Å²) in [4.78, 5) is 6.11. The maximum absolute atomic E-state index is 9.24. The number of nitriles is 1. The number of thioether (sulfide) groups is 1. The van der Waals surface area contributed by atoms with Crippen LogP contribution in [0.2, 0.25) is 0 Å². The van der Waals surface area contributed by atoms with Crippen molar-refractivity contribution in [2.75, 3.05) is 0 Å².